The molecule has 0 spiro atoms. The molecule has 1 aromatic heterocycles. The van der Waals surface area contributed by atoms with Gasteiger partial charge in [0, 0.05) is 19.6 Å². The van der Waals surface area contributed by atoms with Crippen LogP contribution in [0.3, 0.4) is 0 Å². The molecule has 0 bridgehead atoms. The Bertz CT molecular complexity index is 397. The van der Waals surface area contributed by atoms with Crippen LogP contribution in [0.1, 0.15) is 18.7 Å². The highest BCUT2D eigenvalue weighted by molar-refractivity contribution is 5.29. The van der Waals surface area contributed by atoms with E-state index in [4.69, 9.17) is 9.26 Å². The first-order valence-electron chi connectivity index (χ1n) is 6.38. The van der Waals surface area contributed by atoms with E-state index < -0.39 is 5.60 Å². The van der Waals surface area contributed by atoms with Gasteiger partial charge in [0.05, 0.1) is 13.2 Å². The number of anilines is 1. The number of hydrogen-bond donors (Lipinski definition) is 2. The van der Waals surface area contributed by atoms with E-state index in [1.165, 1.54) is 0 Å². The summed E-state index contributed by atoms with van der Waals surface area (Å²) in [6.07, 6.45) is 1.57. The number of nitrogens with zero attached hydrogens (tertiary/aromatic N) is 3. The van der Waals surface area contributed by atoms with Crippen LogP contribution < -0.4 is 10.2 Å². The number of nitrogens with one attached hydrogen (secondary N) is 1. The Morgan fingerprint density at radius 2 is 2.17 bits per heavy atom. The van der Waals surface area contributed by atoms with Gasteiger partial charge in [-0.05, 0) is 24.5 Å². The average molecular weight is 254 g/mol. The number of rotatable bonds is 2. The highest BCUT2D eigenvalue weighted by atomic mass is 16.5. The van der Waals surface area contributed by atoms with Crippen LogP contribution in [0, 0.1) is 0 Å². The predicted molar refractivity (Wildman–Crippen MR) is 63.3 cm³/mol. The molecule has 100 valence electrons. The molecule has 0 aliphatic carbocycles. The van der Waals surface area contributed by atoms with Gasteiger partial charge in [0.1, 0.15) is 0 Å². The summed E-state index contributed by atoms with van der Waals surface area (Å²) >= 11 is 0. The number of piperidine rings is 1. The summed E-state index contributed by atoms with van der Waals surface area (Å²) < 4.78 is 10.5. The van der Waals surface area contributed by atoms with Gasteiger partial charge in [-0.2, -0.15) is 4.98 Å². The molecular formula is C11H18N4O3. The second-order valence-corrected chi connectivity index (χ2v) is 4.81. The van der Waals surface area contributed by atoms with Crippen molar-refractivity contribution in [3.05, 3.63) is 5.89 Å². The summed E-state index contributed by atoms with van der Waals surface area (Å²) in [4.78, 5) is 6.34. The molecule has 0 aromatic carbocycles. The molecule has 18 heavy (non-hydrogen) atoms. The van der Waals surface area contributed by atoms with Gasteiger partial charge in [-0.3, -0.25) is 0 Å². The molecule has 1 atom stereocenters. The van der Waals surface area contributed by atoms with Crippen molar-refractivity contribution in [2.24, 2.45) is 0 Å². The fourth-order valence-corrected chi connectivity index (χ4v) is 2.37. The van der Waals surface area contributed by atoms with E-state index in [0.29, 0.717) is 38.0 Å². The smallest absolute Gasteiger partial charge is 0.266 e. The Balaban J connectivity index is 1.75. The first-order valence-corrected chi connectivity index (χ1v) is 6.38. The third kappa shape index (κ3) is 2.21. The normalized spacial score (nSPS) is 29.5. The maximum Gasteiger partial charge on any atom is 0.266 e. The highest BCUT2D eigenvalue weighted by Gasteiger charge is 2.37. The number of morpholine rings is 1. The minimum Gasteiger partial charge on any atom is -0.379 e. The number of ether oxygens (including phenoxy) is 1. The van der Waals surface area contributed by atoms with E-state index >= 15 is 0 Å². The quantitative estimate of drug-likeness (QED) is 0.734. The largest absolute Gasteiger partial charge is 0.379 e. The molecule has 2 N–H and O–H groups in total. The van der Waals surface area contributed by atoms with Crippen molar-refractivity contribution in [2.45, 2.75) is 18.4 Å². The minimum absolute atomic E-state index is 0.316. The maximum atomic E-state index is 10.5. The van der Waals surface area contributed by atoms with E-state index in [-0.39, 0.29) is 0 Å². The Kier molecular flexibility index (Phi) is 3.19. The number of aliphatic hydroxyl groups is 1. The topological polar surface area (TPSA) is 83.7 Å². The molecule has 2 saturated heterocycles. The zero-order valence-electron chi connectivity index (χ0n) is 10.3. The standard InChI is InChI=1S/C11H18N4O3/c16-11(2-1-3-12-8-11)9-13-10(14-18-9)15-4-6-17-7-5-15/h12,16H,1-8H2. The molecule has 1 aromatic rings. The van der Waals surface area contributed by atoms with E-state index in [2.05, 4.69) is 15.5 Å². The molecule has 7 heteroatoms. The molecule has 1 unspecified atom stereocenters. The van der Waals surface area contributed by atoms with Crippen LogP contribution in [0.2, 0.25) is 0 Å². The van der Waals surface area contributed by atoms with Crippen molar-refractivity contribution >= 4 is 5.95 Å². The molecule has 0 saturated carbocycles. The number of hydrogen-bond acceptors (Lipinski definition) is 7. The lowest BCUT2D eigenvalue weighted by atomic mass is 9.94. The van der Waals surface area contributed by atoms with Gasteiger partial charge in [0.25, 0.3) is 11.8 Å². The molecular weight excluding hydrogens is 236 g/mol. The summed E-state index contributed by atoms with van der Waals surface area (Å²) in [5.74, 6) is 0.864. The lowest BCUT2D eigenvalue weighted by molar-refractivity contribution is -0.0167. The zero-order chi connectivity index (χ0) is 12.4. The average Bonchev–Trinajstić information content (AvgIpc) is 2.91. The van der Waals surface area contributed by atoms with Crippen molar-refractivity contribution in [1.82, 2.24) is 15.5 Å². The van der Waals surface area contributed by atoms with Crippen LogP contribution in [-0.4, -0.2) is 54.6 Å². The molecule has 2 fully saturated rings. The Morgan fingerprint density at radius 1 is 1.33 bits per heavy atom. The van der Waals surface area contributed by atoms with Crippen molar-refractivity contribution < 1.29 is 14.4 Å². The summed E-state index contributed by atoms with van der Waals surface area (Å²) in [6, 6.07) is 0. The second kappa shape index (κ2) is 4.83. The third-order valence-corrected chi connectivity index (χ3v) is 3.47. The van der Waals surface area contributed by atoms with Crippen molar-refractivity contribution in [3.63, 3.8) is 0 Å². The van der Waals surface area contributed by atoms with Crippen molar-refractivity contribution in [3.8, 4) is 0 Å². The van der Waals surface area contributed by atoms with E-state index in [1.807, 2.05) is 4.90 Å². The highest BCUT2D eigenvalue weighted by Crippen LogP contribution is 2.28. The van der Waals surface area contributed by atoms with Crippen molar-refractivity contribution in [1.29, 1.82) is 0 Å². The molecule has 0 radical (unpaired) electrons. The molecule has 2 aliphatic rings. The fourth-order valence-electron chi connectivity index (χ4n) is 2.37. The second-order valence-electron chi connectivity index (χ2n) is 4.81. The first kappa shape index (κ1) is 11.9. The SMILES string of the molecule is OC1(c2nc(N3CCOCC3)no2)CCCNC1. The third-order valence-electron chi connectivity index (χ3n) is 3.47. The maximum absolute atomic E-state index is 10.5. The summed E-state index contributed by atoms with van der Waals surface area (Å²) in [7, 11) is 0. The molecule has 3 rings (SSSR count). The fraction of sp³-hybridized carbons (Fsp3) is 0.818. The zero-order valence-corrected chi connectivity index (χ0v) is 10.3. The number of β-amino-alcohol motifs (C(OH)–C–C–N with tert-alkyl or cyclic N) is 1. The summed E-state index contributed by atoms with van der Waals surface area (Å²) in [5, 5.41) is 17.6. The Labute approximate surface area is 105 Å². The van der Waals surface area contributed by atoms with Crippen LogP contribution in [0.25, 0.3) is 0 Å². The van der Waals surface area contributed by atoms with Crippen LogP contribution in [-0.2, 0) is 10.3 Å². The van der Waals surface area contributed by atoms with Gasteiger partial charge in [-0.15, -0.1) is 0 Å². The van der Waals surface area contributed by atoms with Gasteiger partial charge in [-0.1, -0.05) is 0 Å². The van der Waals surface area contributed by atoms with E-state index in [9.17, 15) is 5.11 Å². The molecule has 2 aliphatic heterocycles. The van der Waals surface area contributed by atoms with Gasteiger partial charge >= 0.3 is 0 Å². The lowest BCUT2D eigenvalue weighted by Gasteiger charge is -2.29. The molecule has 3 heterocycles. The monoisotopic (exact) mass is 254 g/mol. The van der Waals surface area contributed by atoms with Crippen LogP contribution in [0.4, 0.5) is 5.95 Å². The van der Waals surface area contributed by atoms with E-state index in [1.54, 1.807) is 0 Å². The van der Waals surface area contributed by atoms with Gasteiger partial charge in [0.2, 0.25) is 0 Å². The summed E-state index contributed by atoms with van der Waals surface area (Å²) in [5.41, 5.74) is -1.02. The lowest BCUT2D eigenvalue weighted by Crippen LogP contribution is -2.43. The predicted octanol–water partition coefficient (Wildman–Crippen LogP) is -0.523. The van der Waals surface area contributed by atoms with Gasteiger partial charge in [-0.25, -0.2) is 0 Å². The minimum atomic E-state index is -1.02. The Morgan fingerprint density at radius 3 is 2.89 bits per heavy atom. The van der Waals surface area contributed by atoms with Crippen LogP contribution in [0.5, 0.6) is 0 Å². The first-order chi connectivity index (χ1) is 8.78. The Hall–Kier alpha value is -1.18. The molecule has 7 nitrogen and oxygen atoms in total. The van der Waals surface area contributed by atoms with Gasteiger partial charge in [0.15, 0.2) is 5.60 Å². The van der Waals surface area contributed by atoms with Gasteiger partial charge < -0.3 is 24.6 Å². The van der Waals surface area contributed by atoms with Crippen molar-refractivity contribution in [2.75, 3.05) is 44.3 Å². The van der Waals surface area contributed by atoms with Crippen LogP contribution >= 0.6 is 0 Å². The number of aromatic nitrogens is 2. The van der Waals surface area contributed by atoms with E-state index in [0.717, 1.165) is 26.1 Å². The molecule has 0 amide bonds. The van der Waals surface area contributed by atoms with Crippen LogP contribution in [0.15, 0.2) is 4.52 Å². The summed E-state index contributed by atoms with van der Waals surface area (Å²) in [6.45, 7) is 4.27.